The quantitative estimate of drug-likeness (QED) is 0.855. The van der Waals surface area contributed by atoms with E-state index in [0.29, 0.717) is 25.0 Å². The van der Waals surface area contributed by atoms with E-state index in [4.69, 9.17) is 5.73 Å². The minimum absolute atomic E-state index is 0.399. The lowest BCUT2D eigenvalue weighted by molar-refractivity contribution is -0.117. The topological polar surface area (TPSA) is 55.1 Å². The summed E-state index contributed by atoms with van der Waals surface area (Å²) >= 11 is 0. The van der Waals surface area contributed by atoms with Crippen LogP contribution in [0.4, 0.5) is 18.9 Å². The van der Waals surface area contributed by atoms with Gasteiger partial charge in [-0.15, -0.1) is 0 Å². The first-order chi connectivity index (χ1) is 7.95. The second kappa shape index (κ2) is 5.67. The number of halogens is 3. The zero-order chi connectivity index (χ0) is 13.0. The van der Waals surface area contributed by atoms with Crippen LogP contribution in [0.3, 0.4) is 0 Å². The Hall–Kier alpha value is -1.56. The Morgan fingerprint density at radius 2 is 1.88 bits per heavy atom. The third-order valence-electron chi connectivity index (χ3n) is 2.19. The highest BCUT2D eigenvalue weighted by atomic mass is 19.1. The molecule has 0 fully saturated rings. The van der Waals surface area contributed by atoms with Crippen LogP contribution in [0.25, 0.3) is 0 Å². The van der Waals surface area contributed by atoms with E-state index < -0.39 is 35.1 Å². The fraction of sp³-hybridized carbons (Fsp3) is 0.364. The third kappa shape index (κ3) is 3.45. The van der Waals surface area contributed by atoms with Crippen LogP contribution in [0, 0.1) is 17.5 Å². The van der Waals surface area contributed by atoms with Crippen LogP contribution in [0.5, 0.6) is 0 Å². The van der Waals surface area contributed by atoms with Crippen LogP contribution >= 0.6 is 0 Å². The average Bonchev–Trinajstić information content (AvgIpc) is 2.23. The first-order valence-electron chi connectivity index (χ1n) is 5.16. The van der Waals surface area contributed by atoms with Gasteiger partial charge in [0, 0.05) is 12.1 Å². The second-order valence-corrected chi connectivity index (χ2v) is 3.63. The lowest BCUT2D eigenvalue weighted by atomic mass is 10.1. The SMILES string of the molecule is CCC[C@@H](N)C(=O)Nc1c(F)cc(F)cc1F. The highest BCUT2D eigenvalue weighted by Crippen LogP contribution is 2.20. The molecule has 1 rings (SSSR count). The highest BCUT2D eigenvalue weighted by Gasteiger charge is 2.18. The molecule has 0 heterocycles. The first kappa shape index (κ1) is 13.5. The zero-order valence-electron chi connectivity index (χ0n) is 9.27. The molecule has 0 saturated carbocycles. The average molecular weight is 246 g/mol. The molecule has 0 aliphatic rings. The number of carbonyl (C=O) groups is 1. The first-order valence-corrected chi connectivity index (χ1v) is 5.16. The molecule has 0 radical (unpaired) electrons. The molecule has 6 heteroatoms. The number of nitrogens with one attached hydrogen (secondary N) is 1. The van der Waals surface area contributed by atoms with Crippen molar-refractivity contribution in [2.75, 3.05) is 5.32 Å². The van der Waals surface area contributed by atoms with Gasteiger partial charge in [0.25, 0.3) is 0 Å². The van der Waals surface area contributed by atoms with Crippen molar-refractivity contribution in [1.29, 1.82) is 0 Å². The molecule has 0 bridgehead atoms. The van der Waals surface area contributed by atoms with Crippen molar-refractivity contribution in [1.82, 2.24) is 0 Å². The molecule has 0 spiro atoms. The summed E-state index contributed by atoms with van der Waals surface area (Å²) in [6.07, 6.45) is 1.07. The lowest BCUT2D eigenvalue weighted by Gasteiger charge is -2.12. The van der Waals surface area contributed by atoms with Crippen molar-refractivity contribution in [2.24, 2.45) is 5.73 Å². The molecule has 0 aliphatic heterocycles. The van der Waals surface area contributed by atoms with Crippen LogP contribution in [0.15, 0.2) is 12.1 Å². The summed E-state index contributed by atoms with van der Waals surface area (Å²) in [5.74, 6) is -4.08. The standard InChI is InChI=1S/C11H13F3N2O/c1-2-3-9(15)11(17)16-10-7(13)4-6(12)5-8(10)14/h4-5,9H,2-3,15H2,1H3,(H,16,17)/t9-/m1/s1. The van der Waals surface area contributed by atoms with Gasteiger partial charge in [0.05, 0.1) is 6.04 Å². The summed E-state index contributed by atoms with van der Waals surface area (Å²) in [6, 6.07) is 0.137. The number of anilines is 1. The van der Waals surface area contributed by atoms with Crippen LogP contribution < -0.4 is 11.1 Å². The predicted molar refractivity (Wildman–Crippen MR) is 57.8 cm³/mol. The maximum atomic E-state index is 13.2. The van der Waals surface area contributed by atoms with Crippen molar-refractivity contribution >= 4 is 11.6 Å². The van der Waals surface area contributed by atoms with E-state index in [9.17, 15) is 18.0 Å². The largest absolute Gasteiger partial charge is 0.320 e. The molecule has 1 aromatic carbocycles. The Bertz CT molecular complexity index is 400. The van der Waals surface area contributed by atoms with Crippen LogP contribution in [0.1, 0.15) is 19.8 Å². The van der Waals surface area contributed by atoms with Gasteiger partial charge in [-0.2, -0.15) is 0 Å². The molecule has 3 nitrogen and oxygen atoms in total. The Balaban J connectivity index is 2.85. The molecule has 1 amide bonds. The van der Waals surface area contributed by atoms with E-state index >= 15 is 0 Å². The summed E-state index contributed by atoms with van der Waals surface area (Å²) < 4.78 is 39.0. The van der Waals surface area contributed by atoms with Crippen molar-refractivity contribution in [3.63, 3.8) is 0 Å². The van der Waals surface area contributed by atoms with E-state index in [1.165, 1.54) is 0 Å². The Morgan fingerprint density at radius 3 is 2.35 bits per heavy atom. The van der Waals surface area contributed by atoms with Crippen molar-refractivity contribution in [3.05, 3.63) is 29.6 Å². The fourth-order valence-electron chi connectivity index (χ4n) is 1.32. The summed E-state index contributed by atoms with van der Waals surface area (Å²) in [5, 5.41) is 2.01. The van der Waals surface area contributed by atoms with Crippen molar-refractivity contribution < 1.29 is 18.0 Å². The predicted octanol–water partition coefficient (Wildman–Crippen LogP) is 2.17. The maximum absolute atomic E-state index is 13.2. The number of rotatable bonds is 4. The maximum Gasteiger partial charge on any atom is 0.241 e. The number of hydrogen-bond donors (Lipinski definition) is 2. The molecular weight excluding hydrogens is 233 g/mol. The monoisotopic (exact) mass is 246 g/mol. The number of nitrogens with two attached hydrogens (primary N) is 1. The summed E-state index contributed by atoms with van der Waals surface area (Å²) in [5.41, 5.74) is 4.80. The molecule has 1 atom stereocenters. The van der Waals surface area contributed by atoms with Gasteiger partial charge in [-0.1, -0.05) is 13.3 Å². The Morgan fingerprint density at radius 1 is 1.35 bits per heavy atom. The number of benzene rings is 1. The minimum Gasteiger partial charge on any atom is -0.320 e. The van der Waals surface area contributed by atoms with Gasteiger partial charge in [0.2, 0.25) is 5.91 Å². The van der Waals surface area contributed by atoms with Gasteiger partial charge >= 0.3 is 0 Å². The van der Waals surface area contributed by atoms with Crippen LogP contribution in [-0.4, -0.2) is 11.9 Å². The Kier molecular flexibility index (Phi) is 4.51. The van der Waals surface area contributed by atoms with E-state index in [1.807, 2.05) is 12.2 Å². The number of amides is 1. The van der Waals surface area contributed by atoms with Crippen LogP contribution in [-0.2, 0) is 4.79 Å². The van der Waals surface area contributed by atoms with Gasteiger partial charge in [0.1, 0.15) is 11.5 Å². The van der Waals surface area contributed by atoms with E-state index in [2.05, 4.69) is 0 Å². The van der Waals surface area contributed by atoms with E-state index in [-0.39, 0.29) is 0 Å². The third-order valence-corrected chi connectivity index (χ3v) is 2.19. The van der Waals surface area contributed by atoms with E-state index in [1.54, 1.807) is 0 Å². The van der Waals surface area contributed by atoms with Gasteiger partial charge in [-0.3, -0.25) is 4.79 Å². The normalized spacial score (nSPS) is 12.3. The smallest absolute Gasteiger partial charge is 0.241 e. The van der Waals surface area contributed by atoms with Crippen molar-refractivity contribution in [3.8, 4) is 0 Å². The fourth-order valence-corrected chi connectivity index (χ4v) is 1.32. The van der Waals surface area contributed by atoms with Gasteiger partial charge in [-0.05, 0) is 6.42 Å². The van der Waals surface area contributed by atoms with Gasteiger partial charge < -0.3 is 11.1 Å². The van der Waals surface area contributed by atoms with Crippen molar-refractivity contribution in [2.45, 2.75) is 25.8 Å². The lowest BCUT2D eigenvalue weighted by Crippen LogP contribution is -2.35. The molecule has 0 aliphatic carbocycles. The Labute approximate surface area is 96.8 Å². The molecule has 0 unspecified atom stereocenters. The molecular formula is C11H13F3N2O. The van der Waals surface area contributed by atoms with Gasteiger partial charge in [-0.25, -0.2) is 13.2 Å². The number of hydrogen-bond acceptors (Lipinski definition) is 2. The van der Waals surface area contributed by atoms with Crippen LogP contribution in [0.2, 0.25) is 0 Å². The summed E-state index contributed by atoms with van der Waals surface area (Å²) in [6.45, 7) is 1.83. The second-order valence-electron chi connectivity index (χ2n) is 3.63. The summed E-state index contributed by atoms with van der Waals surface area (Å²) in [7, 11) is 0. The van der Waals surface area contributed by atoms with E-state index in [0.717, 1.165) is 0 Å². The molecule has 1 aromatic rings. The molecule has 0 aromatic heterocycles. The van der Waals surface area contributed by atoms with Gasteiger partial charge in [0.15, 0.2) is 11.6 Å². The highest BCUT2D eigenvalue weighted by molar-refractivity contribution is 5.94. The minimum atomic E-state index is -1.17. The summed E-state index contributed by atoms with van der Waals surface area (Å²) in [4.78, 5) is 11.4. The zero-order valence-corrected chi connectivity index (χ0v) is 9.27. The molecule has 17 heavy (non-hydrogen) atoms. The molecule has 0 saturated heterocycles. The number of carbonyl (C=O) groups excluding carboxylic acids is 1. The molecule has 94 valence electrons. The molecule has 3 N–H and O–H groups in total.